The first kappa shape index (κ1) is 15.5. The van der Waals surface area contributed by atoms with Gasteiger partial charge in [0, 0.05) is 15.9 Å². The van der Waals surface area contributed by atoms with Gasteiger partial charge < -0.3 is 5.32 Å². The van der Waals surface area contributed by atoms with Crippen molar-refractivity contribution in [3.63, 3.8) is 0 Å². The molecule has 0 aliphatic rings. The van der Waals surface area contributed by atoms with Crippen LogP contribution in [-0.2, 0) is 4.79 Å². The molecule has 1 rings (SSSR count). The van der Waals surface area contributed by atoms with E-state index in [0.717, 1.165) is 0 Å². The summed E-state index contributed by atoms with van der Waals surface area (Å²) in [4.78, 5) is 11.0. The van der Waals surface area contributed by atoms with Crippen LogP contribution >= 0.6 is 31.9 Å². The van der Waals surface area contributed by atoms with Crippen LogP contribution in [0.15, 0.2) is 27.1 Å². The van der Waals surface area contributed by atoms with Crippen molar-refractivity contribution >= 4 is 37.8 Å². The summed E-state index contributed by atoms with van der Waals surface area (Å²) in [5.74, 6) is -0.500. The quantitative estimate of drug-likeness (QED) is 0.819. The van der Waals surface area contributed by atoms with E-state index in [-0.39, 0.29) is 0 Å². The van der Waals surface area contributed by atoms with E-state index in [2.05, 4.69) is 37.2 Å². The minimum Gasteiger partial charge on any atom is -0.349 e. The number of hydrogen-bond donors (Lipinski definition) is 1. The van der Waals surface area contributed by atoms with Crippen LogP contribution in [0.1, 0.15) is 24.9 Å². The highest BCUT2D eigenvalue weighted by atomic mass is 79.9. The van der Waals surface area contributed by atoms with Crippen LogP contribution in [0.3, 0.4) is 0 Å². The molecule has 0 radical (unpaired) electrons. The number of rotatable bonds is 3. The zero-order valence-electron chi connectivity index (χ0n) is 9.31. The minimum absolute atomic E-state index is 0.392. The van der Waals surface area contributed by atoms with Gasteiger partial charge >= 0.3 is 6.18 Å². The third-order valence-electron chi connectivity index (χ3n) is 2.10. The molecule has 1 unspecified atom stereocenters. The van der Waals surface area contributed by atoms with E-state index in [0.29, 0.717) is 14.5 Å². The summed E-state index contributed by atoms with van der Waals surface area (Å²) >= 11 is 6.41. The second-order valence-electron chi connectivity index (χ2n) is 3.78. The summed E-state index contributed by atoms with van der Waals surface area (Å²) in [5.41, 5.74) is 0.392. The van der Waals surface area contributed by atoms with Gasteiger partial charge in [-0.3, -0.25) is 4.79 Å². The fourth-order valence-corrected chi connectivity index (χ4v) is 2.83. The standard InChI is InChI=1S/C11H10Br2F3NO/c1-6(18)17-10(5-11(14,15)16)7-2-8(12)4-9(13)3-7/h2-4,10H,5H2,1H3,(H,17,18). The molecule has 1 aromatic rings. The predicted octanol–water partition coefficient (Wildman–Crippen LogP) is 4.34. The Morgan fingerprint density at radius 3 is 2.17 bits per heavy atom. The van der Waals surface area contributed by atoms with Gasteiger partial charge in [-0.15, -0.1) is 0 Å². The van der Waals surface area contributed by atoms with E-state index in [1.54, 1.807) is 18.2 Å². The lowest BCUT2D eigenvalue weighted by atomic mass is 10.0. The lowest BCUT2D eigenvalue weighted by molar-refractivity contribution is -0.142. The zero-order chi connectivity index (χ0) is 13.9. The summed E-state index contributed by atoms with van der Waals surface area (Å²) in [6, 6.07) is 3.73. The molecule has 0 aliphatic heterocycles. The Labute approximate surface area is 119 Å². The maximum absolute atomic E-state index is 12.5. The summed E-state index contributed by atoms with van der Waals surface area (Å²) in [7, 11) is 0. The summed E-state index contributed by atoms with van der Waals surface area (Å²) in [6.45, 7) is 1.19. The Bertz CT molecular complexity index is 428. The first-order valence-corrected chi connectivity index (χ1v) is 6.56. The van der Waals surface area contributed by atoms with Crippen LogP contribution < -0.4 is 5.32 Å². The van der Waals surface area contributed by atoms with Crippen molar-refractivity contribution in [1.29, 1.82) is 0 Å². The fraction of sp³-hybridized carbons (Fsp3) is 0.364. The summed E-state index contributed by atoms with van der Waals surface area (Å²) in [5, 5.41) is 2.31. The topological polar surface area (TPSA) is 29.1 Å². The molecule has 1 aromatic carbocycles. The number of nitrogens with one attached hydrogen (secondary N) is 1. The zero-order valence-corrected chi connectivity index (χ0v) is 12.5. The molecule has 1 amide bonds. The Balaban J connectivity index is 3.04. The van der Waals surface area contributed by atoms with Gasteiger partial charge in [0.05, 0.1) is 12.5 Å². The van der Waals surface area contributed by atoms with Crippen molar-refractivity contribution in [3.05, 3.63) is 32.7 Å². The largest absolute Gasteiger partial charge is 0.391 e. The SMILES string of the molecule is CC(=O)NC(CC(F)(F)F)c1cc(Br)cc(Br)c1. The van der Waals surface area contributed by atoms with Crippen molar-refractivity contribution in [3.8, 4) is 0 Å². The van der Waals surface area contributed by atoms with Crippen LogP contribution in [-0.4, -0.2) is 12.1 Å². The fourth-order valence-electron chi connectivity index (χ4n) is 1.51. The number of carbonyl (C=O) groups excluding carboxylic acids is 1. The van der Waals surface area contributed by atoms with Crippen molar-refractivity contribution in [2.75, 3.05) is 0 Å². The highest BCUT2D eigenvalue weighted by molar-refractivity contribution is 9.11. The highest BCUT2D eigenvalue weighted by Crippen LogP contribution is 2.32. The normalized spacial score (nSPS) is 13.2. The average molecular weight is 389 g/mol. The monoisotopic (exact) mass is 387 g/mol. The molecule has 0 bridgehead atoms. The second kappa shape index (κ2) is 6.06. The van der Waals surface area contributed by atoms with Gasteiger partial charge in [-0.25, -0.2) is 0 Å². The first-order chi connectivity index (χ1) is 8.17. The summed E-state index contributed by atoms with van der Waals surface area (Å²) < 4.78 is 38.7. The number of alkyl halides is 3. The third-order valence-corrected chi connectivity index (χ3v) is 3.02. The number of hydrogen-bond acceptors (Lipinski definition) is 1. The molecule has 100 valence electrons. The van der Waals surface area contributed by atoms with Crippen LogP contribution in [0, 0.1) is 0 Å². The van der Waals surface area contributed by atoms with Crippen LogP contribution in [0.2, 0.25) is 0 Å². The van der Waals surface area contributed by atoms with Crippen molar-refractivity contribution in [2.24, 2.45) is 0 Å². The van der Waals surface area contributed by atoms with Crippen LogP contribution in [0.4, 0.5) is 13.2 Å². The highest BCUT2D eigenvalue weighted by Gasteiger charge is 2.33. The molecule has 1 N–H and O–H groups in total. The number of halogens is 5. The van der Waals surface area contributed by atoms with E-state index in [1.165, 1.54) is 6.92 Å². The van der Waals surface area contributed by atoms with E-state index in [9.17, 15) is 18.0 Å². The van der Waals surface area contributed by atoms with Crippen molar-refractivity contribution in [1.82, 2.24) is 5.32 Å². The molecule has 0 saturated heterocycles. The number of benzene rings is 1. The molecular weight excluding hydrogens is 379 g/mol. The van der Waals surface area contributed by atoms with Gasteiger partial charge in [0.25, 0.3) is 0 Å². The maximum atomic E-state index is 12.5. The Morgan fingerprint density at radius 2 is 1.78 bits per heavy atom. The smallest absolute Gasteiger partial charge is 0.349 e. The Kier molecular flexibility index (Phi) is 5.21. The lowest BCUT2D eigenvalue weighted by Crippen LogP contribution is -2.30. The van der Waals surface area contributed by atoms with Crippen LogP contribution in [0.25, 0.3) is 0 Å². The third kappa shape index (κ3) is 5.39. The van der Waals surface area contributed by atoms with Crippen LogP contribution in [0.5, 0.6) is 0 Å². The molecule has 2 nitrogen and oxygen atoms in total. The molecule has 0 fully saturated rings. The van der Waals surface area contributed by atoms with Gasteiger partial charge in [0.2, 0.25) is 5.91 Å². The van der Waals surface area contributed by atoms with E-state index >= 15 is 0 Å². The molecule has 0 saturated carbocycles. The maximum Gasteiger partial charge on any atom is 0.391 e. The molecule has 7 heteroatoms. The Morgan fingerprint density at radius 1 is 1.28 bits per heavy atom. The first-order valence-electron chi connectivity index (χ1n) is 4.97. The van der Waals surface area contributed by atoms with E-state index in [4.69, 9.17) is 0 Å². The van der Waals surface area contributed by atoms with Gasteiger partial charge in [0.15, 0.2) is 0 Å². The van der Waals surface area contributed by atoms with E-state index in [1.807, 2.05) is 0 Å². The number of carbonyl (C=O) groups is 1. The molecule has 0 heterocycles. The lowest BCUT2D eigenvalue weighted by Gasteiger charge is -2.20. The second-order valence-corrected chi connectivity index (χ2v) is 5.61. The van der Waals surface area contributed by atoms with Crippen molar-refractivity contribution < 1.29 is 18.0 Å². The molecule has 18 heavy (non-hydrogen) atoms. The molecule has 0 aliphatic carbocycles. The van der Waals surface area contributed by atoms with E-state index < -0.39 is 24.5 Å². The average Bonchev–Trinajstić information content (AvgIpc) is 2.11. The molecule has 0 aromatic heterocycles. The Hall–Kier alpha value is -0.560. The molecular formula is C11H10Br2F3NO. The van der Waals surface area contributed by atoms with Gasteiger partial charge in [0.1, 0.15) is 0 Å². The summed E-state index contributed by atoms with van der Waals surface area (Å²) in [6.07, 6.45) is -5.45. The van der Waals surface area contributed by atoms with Crippen molar-refractivity contribution in [2.45, 2.75) is 25.6 Å². The molecule has 1 atom stereocenters. The van der Waals surface area contributed by atoms with Gasteiger partial charge in [-0.1, -0.05) is 31.9 Å². The molecule has 0 spiro atoms. The predicted molar refractivity (Wildman–Crippen MR) is 69.1 cm³/mol. The number of amides is 1. The minimum atomic E-state index is -4.35. The van der Waals surface area contributed by atoms with Gasteiger partial charge in [-0.05, 0) is 23.8 Å². The van der Waals surface area contributed by atoms with Gasteiger partial charge in [-0.2, -0.15) is 13.2 Å².